The van der Waals surface area contributed by atoms with Crippen LogP contribution in [0.25, 0.3) is 0 Å². The zero-order valence-electron chi connectivity index (χ0n) is 44.7. The van der Waals surface area contributed by atoms with Crippen molar-refractivity contribution in [1.82, 2.24) is 0 Å². The van der Waals surface area contributed by atoms with E-state index >= 15 is 0 Å². The molecule has 0 aliphatic rings. The van der Waals surface area contributed by atoms with Gasteiger partial charge in [0, 0.05) is 19.3 Å². The third-order valence-electron chi connectivity index (χ3n) is 12.8. The van der Waals surface area contributed by atoms with Crippen LogP contribution in [-0.4, -0.2) is 37.2 Å². The van der Waals surface area contributed by atoms with Crippen LogP contribution in [-0.2, 0) is 28.6 Å². The van der Waals surface area contributed by atoms with Gasteiger partial charge in [-0.3, -0.25) is 14.4 Å². The van der Waals surface area contributed by atoms with Crippen molar-refractivity contribution in [3.63, 3.8) is 0 Å². The Bertz CT molecular complexity index is 1170. The minimum Gasteiger partial charge on any atom is -0.462 e. The van der Waals surface area contributed by atoms with Crippen LogP contribution in [0.15, 0.2) is 48.6 Å². The highest BCUT2D eigenvalue weighted by Crippen LogP contribution is 2.17. The number of ether oxygens (including phenoxy) is 3. The van der Waals surface area contributed by atoms with Gasteiger partial charge in [0.25, 0.3) is 0 Å². The summed E-state index contributed by atoms with van der Waals surface area (Å²) in [5.41, 5.74) is 0. The first-order chi connectivity index (χ1) is 33.0. The van der Waals surface area contributed by atoms with Crippen molar-refractivity contribution in [2.45, 2.75) is 309 Å². The number of rotatable bonds is 53. The molecule has 0 N–H and O–H groups in total. The predicted octanol–water partition coefficient (Wildman–Crippen LogP) is 19.4. The lowest BCUT2D eigenvalue weighted by Crippen LogP contribution is -2.30. The third-order valence-corrected chi connectivity index (χ3v) is 12.8. The summed E-state index contributed by atoms with van der Waals surface area (Å²) in [5, 5.41) is 0. The molecule has 0 aromatic carbocycles. The van der Waals surface area contributed by atoms with E-state index in [1.54, 1.807) is 0 Å². The van der Waals surface area contributed by atoms with Gasteiger partial charge in [0.05, 0.1) is 0 Å². The van der Waals surface area contributed by atoms with Crippen molar-refractivity contribution in [3.05, 3.63) is 48.6 Å². The summed E-state index contributed by atoms with van der Waals surface area (Å²) in [6, 6.07) is 0. The SMILES string of the molecule is CC/C=C\C/C=C\C/C=C\C/C=C\CCCCC(=O)OC(COC(=O)CCCCCCCCCCC)COC(=O)CCCCCCCCCCCCCCCCCCCCCCCCCCC. The highest BCUT2D eigenvalue weighted by atomic mass is 16.6. The van der Waals surface area contributed by atoms with Crippen molar-refractivity contribution in [1.29, 1.82) is 0 Å². The van der Waals surface area contributed by atoms with Gasteiger partial charge in [-0.1, -0.05) is 275 Å². The first-order valence-corrected chi connectivity index (χ1v) is 29.1. The molecule has 0 aromatic rings. The molecule has 0 spiro atoms. The van der Waals surface area contributed by atoms with Crippen LogP contribution in [0.1, 0.15) is 303 Å². The molecule has 0 bridgehead atoms. The molecule has 0 aliphatic carbocycles. The van der Waals surface area contributed by atoms with E-state index in [9.17, 15) is 14.4 Å². The summed E-state index contributed by atoms with van der Waals surface area (Å²) in [6.45, 7) is 6.50. The molecule has 0 radical (unpaired) electrons. The monoisotopic (exact) mass is 939 g/mol. The molecule has 390 valence electrons. The fraction of sp³-hybridized carbons (Fsp3) is 0.820. The summed E-state index contributed by atoms with van der Waals surface area (Å²) >= 11 is 0. The molecule has 0 aliphatic heterocycles. The third kappa shape index (κ3) is 54.2. The van der Waals surface area contributed by atoms with E-state index in [2.05, 4.69) is 69.4 Å². The lowest BCUT2D eigenvalue weighted by Gasteiger charge is -2.18. The molecule has 0 aromatic heterocycles. The van der Waals surface area contributed by atoms with Crippen molar-refractivity contribution in [2.75, 3.05) is 13.2 Å². The van der Waals surface area contributed by atoms with E-state index in [1.807, 2.05) is 0 Å². The molecule has 0 fully saturated rings. The molecule has 0 heterocycles. The Hall–Kier alpha value is -2.63. The van der Waals surface area contributed by atoms with Crippen molar-refractivity contribution >= 4 is 17.9 Å². The maximum atomic E-state index is 12.8. The highest BCUT2D eigenvalue weighted by Gasteiger charge is 2.19. The summed E-state index contributed by atoms with van der Waals surface area (Å²) < 4.78 is 16.8. The number of hydrogen-bond donors (Lipinski definition) is 0. The standard InChI is InChI=1S/C61H110O6/c1-4-7-10-13-16-19-21-23-25-26-27-28-29-30-31-32-33-34-36-37-39-42-45-48-51-54-60(63)66-57-58(56-65-59(62)53-50-47-44-41-18-15-12-9-6-3)67-61(64)55-52-49-46-43-40-38-35-24-22-20-17-14-11-8-5-2/h8,11,17,20,24,35,40,43,58H,4-7,9-10,12-16,18-19,21-23,25-34,36-39,41-42,44-57H2,1-3H3/b11-8-,20-17-,35-24-,43-40-. The second kappa shape index (κ2) is 56.0. The second-order valence-electron chi connectivity index (χ2n) is 19.5. The fourth-order valence-electron chi connectivity index (χ4n) is 8.49. The zero-order chi connectivity index (χ0) is 48.6. The lowest BCUT2D eigenvalue weighted by molar-refractivity contribution is -0.167. The Morgan fingerprint density at radius 2 is 0.582 bits per heavy atom. The Kier molecular flexibility index (Phi) is 53.8. The fourth-order valence-corrected chi connectivity index (χ4v) is 8.49. The molecular weight excluding hydrogens is 829 g/mol. The topological polar surface area (TPSA) is 78.9 Å². The van der Waals surface area contributed by atoms with Gasteiger partial charge in [-0.25, -0.2) is 0 Å². The van der Waals surface area contributed by atoms with E-state index in [0.29, 0.717) is 19.3 Å². The average Bonchev–Trinajstić information content (AvgIpc) is 3.33. The molecule has 67 heavy (non-hydrogen) atoms. The van der Waals surface area contributed by atoms with Gasteiger partial charge in [0.15, 0.2) is 6.10 Å². The van der Waals surface area contributed by atoms with Crippen molar-refractivity contribution < 1.29 is 28.6 Å². The molecule has 0 rings (SSSR count). The Morgan fingerprint density at radius 1 is 0.313 bits per heavy atom. The van der Waals surface area contributed by atoms with E-state index in [1.165, 1.54) is 180 Å². The Morgan fingerprint density at radius 3 is 0.910 bits per heavy atom. The zero-order valence-corrected chi connectivity index (χ0v) is 44.7. The molecule has 1 unspecified atom stereocenters. The number of esters is 3. The number of carbonyl (C=O) groups excluding carboxylic acids is 3. The summed E-state index contributed by atoms with van der Waals surface area (Å²) in [5.74, 6) is -0.917. The van der Waals surface area contributed by atoms with Gasteiger partial charge in [-0.2, -0.15) is 0 Å². The van der Waals surface area contributed by atoms with Crippen molar-refractivity contribution in [3.8, 4) is 0 Å². The first kappa shape index (κ1) is 64.4. The summed E-state index contributed by atoms with van der Waals surface area (Å²) in [7, 11) is 0. The Labute approximate surface area is 416 Å². The molecule has 0 amide bonds. The smallest absolute Gasteiger partial charge is 0.306 e. The number of unbranched alkanes of at least 4 members (excludes halogenated alkanes) is 34. The predicted molar refractivity (Wildman–Crippen MR) is 289 cm³/mol. The van der Waals surface area contributed by atoms with Crippen LogP contribution in [0.3, 0.4) is 0 Å². The van der Waals surface area contributed by atoms with Crippen LogP contribution >= 0.6 is 0 Å². The van der Waals surface area contributed by atoms with Gasteiger partial charge in [-0.15, -0.1) is 0 Å². The summed E-state index contributed by atoms with van der Waals surface area (Å²) in [4.78, 5) is 38.0. The van der Waals surface area contributed by atoms with Gasteiger partial charge in [-0.05, 0) is 57.8 Å². The van der Waals surface area contributed by atoms with Gasteiger partial charge >= 0.3 is 17.9 Å². The minimum absolute atomic E-state index is 0.0860. The molecule has 6 heteroatoms. The quantitative estimate of drug-likeness (QED) is 0.0262. The number of carbonyl (C=O) groups is 3. The summed E-state index contributed by atoms with van der Waals surface area (Å²) in [6.07, 6.45) is 68.5. The van der Waals surface area contributed by atoms with Crippen LogP contribution in [0, 0.1) is 0 Å². The maximum Gasteiger partial charge on any atom is 0.306 e. The van der Waals surface area contributed by atoms with Crippen LogP contribution in [0.4, 0.5) is 0 Å². The van der Waals surface area contributed by atoms with E-state index < -0.39 is 6.10 Å². The minimum atomic E-state index is -0.790. The molecular formula is C61H110O6. The van der Waals surface area contributed by atoms with Crippen molar-refractivity contribution in [2.24, 2.45) is 0 Å². The lowest BCUT2D eigenvalue weighted by atomic mass is 10.0. The largest absolute Gasteiger partial charge is 0.462 e. The van der Waals surface area contributed by atoms with Crippen LogP contribution in [0.2, 0.25) is 0 Å². The van der Waals surface area contributed by atoms with E-state index in [4.69, 9.17) is 14.2 Å². The van der Waals surface area contributed by atoms with Crippen LogP contribution < -0.4 is 0 Å². The normalized spacial score (nSPS) is 12.3. The average molecular weight is 940 g/mol. The molecule has 0 saturated carbocycles. The van der Waals surface area contributed by atoms with E-state index in [-0.39, 0.29) is 37.5 Å². The molecule has 0 saturated heterocycles. The number of allylic oxidation sites excluding steroid dienone is 8. The van der Waals surface area contributed by atoms with Crippen LogP contribution in [0.5, 0.6) is 0 Å². The van der Waals surface area contributed by atoms with Gasteiger partial charge in [0.2, 0.25) is 0 Å². The van der Waals surface area contributed by atoms with Gasteiger partial charge in [0.1, 0.15) is 13.2 Å². The van der Waals surface area contributed by atoms with Gasteiger partial charge < -0.3 is 14.2 Å². The maximum absolute atomic E-state index is 12.8. The Balaban J connectivity index is 4.18. The first-order valence-electron chi connectivity index (χ1n) is 29.1. The number of hydrogen-bond acceptors (Lipinski definition) is 6. The molecule has 1 atom stereocenters. The van der Waals surface area contributed by atoms with E-state index in [0.717, 1.165) is 77.0 Å². The second-order valence-corrected chi connectivity index (χ2v) is 19.5. The molecule has 6 nitrogen and oxygen atoms in total. The highest BCUT2D eigenvalue weighted by molar-refractivity contribution is 5.71.